The number of aliphatic hydroxyl groups excluding tert-OH is 1. The molecule has 1 rings (SSSR count). The van der Waals surface area contributed by atoms with Crippen molar-refractivity contribution < 1.29 is 19.0 Å². The molecule has 0 saturated heterocycles. The summed E-state index contributed by atoms with van der Waals surface area (Å²) in [4.78, 5) is 11.6. The Morgan fingerprint density at radius 1 is 1.45 bits per heavy atom. The third kappa shape index (κ3) is 5.44. The number of nitrogens with one attached hydrogen (secondary N) is 2. The van der Waals surface area contributed by atoms with Gasteiger partial charge in [-0.05, 0) is 31.4 Å². The lowest BCUT2D eigenvalue weighted by molar-refractivity contribution is 0.163. The van der Waals surface area contributed by atoms with Crippen molar-refractivity contribution >= 4 is 11.7 Å². The Kier molecular flexibility index (Phi) is 6.24. The molecule has 6 heteroatoms. The molecular weight excluding hydrogens is 263 g/mol. The first-order chi connectivity index (χ1) is 9.42. The van der Waals surface area contributed by atoms with E-state index in [0.29, 0.717) is 18.7 Å². The summed E-state index contributed by atoms with van der Waals surface area (Å²) in [5.74, 6) is -0.248. The van der Waals surface area contributed by atoms with E-state index in [4.69, 9.17) is 4.74 Å². The average molecular weight is 284 g/mol. The molecule has 1 aromatic carbocycles. The number of rotatable bonds is 6. The van der Waals surface area contributed by atoms with Crippen molar-refractivity contribution in [3.05, 3.63) is 24.0 Å². The first kappa shape index (κ1) is 16.2. The van der Waals surface area contributed by atoms with E-state index >= 15 is 0 Å². The first-order valence-electron chi connectivity index (χ1n) is 6.48. The molecule has 0 saturated carbocycles. The van der Waals surface area contributed by atoms with Crippen LogP contribution in [0.3, 0.4) is 0 Å². The standard InChI is InChI=1S/C14H21FN2O3/c1-9(6-10(2)18)8-16-14(19)17-11-4-5-13(20-3)12(15)7-11/h4-5,7,9-10,18H,6,8H2,1-3H3,(H2,16,17,19). The number of carbonyl (C=O) groups excluding carboxylic acids is 1. The molecule has 5 nitrogen and oxygen atoms in total. The minimum absolute atomic E-state index is 0.126. The monoisotopic (exact) mass is 284 g/mol. The van der Waals surface area contributed by atoms with Gasteiger partial charge in [-0.25, -0.2) is 9.18 Å². The zero-order valence-corrected chi connectivity index (χ0v) is 11.9. The molecule has 2 atom stereocenters. The van der Waals surface area contributed by atoms with Gasteiger partial charge in [0.25, 0.3) is 0 Å². The minimum atomic E-state index is -0.534. The maximum Gasteiger partial charge on any atom is 0.319 e. The van der Waals surface area contributed by atoms with E-state index in [0.717, 1.165) is 0 Å². The summed E-state index contributed by atoms with van der Waals surface area (Å²) < 4.78 is 18.2. The Morgan fingerprint density at radius 3 is 2.70 bits per heavy atom. The molecule has 0 radical (unpaired) electrons. The highest BCUT2D eigenvalue weighted by atomic mass is 19.1. The van der Waals surface area contributed by atoms with Crippen molar-refractivity contribution in [3.8, 4) is 5.75 Å². The summed E-state index contributed by atoms with van der Waals surface area (Å²) in [5, 5.41) is 14.4. The number of carbonyl (C=O) groups is 1. The average Bonchev–Trinajstić information content (AvgIpc) is 2.36. The normalized spacial score (nSPS) is 13.4. The van der Waals surface area contributed by atoms with Crippen LogP contribution in [-0.4, -0.2) is 30.9 Å². The minimum Gasteiger partial charge on any atom is -0.494 e. The van der Waals surface area contributed by atoms with Crippen LogP contribution in [0.5, 0.6) is 5.75 Å². The molecule has 0 bridgehead atoms. The fraction of sp³-hybridized carbons (Fsp3) is 0.500. The van der Waals surface area contributed by atoms with Crippen LogP contribution in [0.1, 0.15) is 20.3 Å². The van der Waals surface area contributed by atoms with Gasteiger partial charge in [-0.15, -0.1) is 0 Å². The van der Waals surface area contributed by atoms with E-state index in [9.17, 15) is 14.3 Å². The van der Waals surface area contributed by atoms with Gasteiger partial charge in [0.15, 0.2) is 11.6 Å². The fourth-order valence-electron chi connectivity index (χ4n) is 1.85. The summed E-state index contributed by atoms with van der Waals surface area (Å²) in [7, 11) is 1.38. The van der Waals surface area contributed by atoms with Crippen LogP contribution in [0.4, 0.5) is 14.9 Å². The molecule has 0 fully saturated rings. The van der Waals surface area contributed by atoms with E-state index in [1.165, 1.54) is 19.2 Å². The van der Waals surface area contributed by atoms with Crippen molar-refractivity contribution in [1.82, 2.24) is 5.32 Å². The van der Waals surface area contributed by atoms with Crippen LogP contribution in [0.15, 0.2) is 18.2 Å². The molecular formula is C14H21FN2O3. The molecule has 2 unspecified atom stereocenters. The van der Waals surface area contributed by atoms with E-state index in [1.54, 1.807) is 13.0 Å². The maximum absolute atomic E-state index is 13.4. The van der Waals surface area contributed by atoms with Gasteiger partial charge < -0.3 is 20.5 Å². The summed E-state index contributed by atoms with van der Waals surface area (Å²) in [6, 6.07) is 3.78. The number of amides is 2. The Bertz CT molecular complexity index is 452. The number of urea groups is 1. The number of ether oxygens (including phenoxy) is 1. The van der Waals surface area contributed by atoms with E-state index in [1.807, 2.05) is 6.92 Å². The highest BCUT2D eigenvalue weighted by Crippen LogP contribution is 2.20. The molecule has 20 heavy (non-hydrogen) atoms. The summed E-state index contributed by atoms with van der Waals surface area (Å²) in [6.45, 7) is 4.08. The Morgan fingerprint density at radius 2 is 2.15 bits per heavy atom. The largest absolute Gasteiger partial charge is 0.494 e. The molecule has 112 valence electrons. The number of aliphatic hydroxyl groups is 1. The van der Waals surface area contributed by atoms with Gasteiger partial charge in [0.05, 0.1) is 13.2 Å². The lowest BCUT2D eigenvalue weighted by Gasteiger charge is -2.14. The third-order valence-corrected chi connectivity index (χ3v) is 2.76. The molecule has 0 spiro atoms. The van der Waals surface area contributed by atoms with E-state index in [2.05, 4.69) is 10.6 Å². The summed E-state index contributed by atoms with van der Waals surface area (Å²) in [5.41, 5.74) is 0.351. The second-order valence-corrected chi connectivity index (χ2v) is 4.87. The van der Waals surface area contributed by atoms with Crippen molar-refractivity contribution in [2.75, 3.05) is 19.0 Å². The number of benzene rings is 1. The first-order valence-corrected chi connectivity index (χ1v) is 6.48. The quantitative estimate of drug-likeness (QED) is 0.751. The molecule has 0 aliphatic rings. The molecule has 0 aromatic heterocycles. The van der Waals surface area contributed by atoms with E-state index < -0.39 is 18.0 Å². The predicted octanol–water partition coefficient (Wildman–Crippen LogP) is 2.36. The highest BCUT2D eigenvalue weighted by Gasteiger charge is 2.09. The lowest BCUT2D eigenvalue weighted by Crippen LogP contribution is -2.33. The van der Waals surface area contributed by atoms with Gasteiger partial charge in [0, 0.05) is 18.3 Å². The second-order valence-electron chi connectivity index (χ2n) is 4.87. The molecule has 1 aromatic rings. The SMILES string of the molecule is COc1ccc(NC(=O)NCC(C)CC(C)O)cc1F. The van der Waals surface area contributed by atoms with Crippen LogP contribution >= 0.6 is 0 Å². The van der Waals surface area contributed by atoms with Crippen LogP contribution in [-0.2, 0) is 0 Å². The Labute approximate surface area is 118 Å². The topological polar surface area (TPSA) is 70.6 Å². The van der Waals surface area contributed by atoms with Gasteiger partial charge in [-0.1, -0.05) is 6.92 Å². The van der Waals surface area contributed by atoms with Crippen LogP contribution < -0.4 is 15.4 Å². The van der Waals surface area contributed by atoms with Gasteiger partial charge >= 0.3 is 6.03 Å². The van der Waals surface area contributed by atoms with E-state index in [-0.39, 0.29) is 11.7 Å². The third-order valence-electron chi connectivity index (χ3n) is 2.76. The number of hydrogen-bond donors (Lipinski definition) is 3. The van der Waals surface area contributed by atoms with Gasteiger partial charge in [-0.3, -0.25) is 0 Å². The zero-order valence-electron chi connectivity index (χ0n) is 11.9. The van der Waals surface area contributed by atoms with Crippen molar-refractivity contribution in [2.45, 2.75) is 26.4 Å². The summed E-state index contributed by atoms with van der Waals surface area (Å²) >= 11 is 0. The van der Waals surface area contributed by atoms with Crippen molar-refractivity contribution in [3.63, 3.8) is 0 Å². The number of halogens is 1. The Hall–Kier alpha value is -1.82. The predicted molar refractivity (Wildman–Crippen MR) is 75.4 cm³/mol. The lowest BCUT2D eigenvalue weighted by atomic mass is 10.1. The Balaban J connectivity index is 2.44. The summed E-state index contributed by atoms with van der Waals surface area (Å²) in [6.07, 6.45) is 0.211. The van der Waals surface area contributed by atoms with Crippen molar-refractivity contribution in [1.29, 1.82) is 0 Å². The molecule has 3 N–H and O–H groups in total. The fourth-order valence-corrected chi connectivity index (χ4v) is 1.85. The number of methoxy groups -OCH3 is 1. The molecule has 2 amide bonds. The zero-order chi connectivity index (χ0) is 15.1. The second kappa shape index (κ2) is 7.69. The molecule has 0 aliphatic carbocycles. The highest BCUT2D eigenvalue weighted by molar-refractivity contribution is 5.89. The van der Waals surface area contributed by atoms with Crippen molar-refractivity contribution in [2.24, 2.45) is 5.92 Å². The van der Waals surface area contributed by atoms with Crippen LogP contribution in [0.25, 0.3) is 0 Å². The molecule has 0 aliphatic heterocycles. The van der Waals surface area contributed by atoms with Gasteiger partial charge in [-0.2, -0.15) is 0 Å². The number of hydrogen-bond acceptors (Lipinski definition) is 3. The molecule has 0 heterocycles. The van der Waals surface area contributed by atoms with Crippen LogP contribution in [0, 0.1) is 11.7 Å². The maximum atomic E-state index is 13.4. The van der Waals surface area contributed by atoms with Crippen LogP contribution in [0.2, 0.25) is 0 Å². The van der Waals surface area contributed by atoms with Gasteiger partial charge in [0.2, 0.25) is 0 Å². The van der Waals surface area contributed by atoms with Gasteiger partial charge in [0.1, 0.15) is 0 Å². The number of anilines is 1. The smallest absolute Gasteiger partial charge is 0.319 e.